The number of fused-ring (bicyclic) bond motifs is 1. The zero-order chi connectivity index (χ0) is 21.5. The summed E-state index contributed by atoms with van der Waals surface area (Å²) in [7, 11) is 1.59. The molecule has 1 heterocycles. The summed E-state index contributed by atoms with van der Waals surface area (Å²) >= 11 is 0. The highest BCUT2D eigenvalue weighted by molar-refractivity contribution is 5.90. The number of nitro groups is 1. The molecular weight excluding hydrogens is 394 g/mol. The van der Waals surface area contributed by atoms with Crippen LogP contribution in [0.4, 0.5) is 11.4 Å². The molecule has 0 radical (unpaired) electrons. The number of methoxy groups -OCH3 is 1. The SMILES string of the molecule is COCCOc1cccc(NC(=O)CCCn2c(=O)oc3cc([N+](=O)[O-])ccc32)c1. The van der Waals surface area contributed by atoms with Gasteiger partial charge in [0.1, 0.15) is 12.4 Å². The van der Waals surface area contributed by atoms with Gasteiger partial charge in [0.05, 0.1) is 23.1 Å². The molecule has 10 heteroatoms. The van der Waals surface area contributed by atoms with Gasteiger partial charge in [0, 0.05) is 37.9 Å². The van der Waals surface area contributed by atoms with Gasteiger partial charge in [-0.3, -0.25) is 19.5 Å². The first-order valence-electron chi connectivity index (χ1n) is 9.27. The van der Waals surface area contributed by atoms with Crippen molar-refractivity contribution in [3.63, 3.8) is 0 Å². The summed E-state index contributed by atoms with van der Waals surface area (Å²) in [6.45, 7) is 1.12. The summed E-state index contributed by atoms with van der Waals surface area (Å²) in [6, 6.07) is 11.0. The van der Waals surface area contributed by atoms with E-state index in [-0.39, 0.29) is 30.1 Å². The van der Waals surface area contributed by atoms with Gasteiger partial charge in [-0.2, -0.15) is 0 Å². The molecule has 30 heavy (non-hydrogen) atoms. The van der Waals surface area contributed by atoms with E-state index in [9.17, 15) is 19.7 Å². The highest BCUT2D eigenvalue weighted by atomic mass is 16.6. The Morgan fingerprint density at radius 2 is 2.07 bits per heavy atom. The van der Waals surface area contributed by atoms with Crippen LogP contribution in [0.15, 0.2) is 51.7 Å². The molecule has 0 saturated carbocycles. The van der Waals surface area contributed by atoms with Crippen molar-refractivity contribution in [1.82, 2.24) is 4.57 Å². The second kappa shape index (κ2) is 9.70. The van der Waals surface area contributed by atoms with Crippen LogP contribution in [0.25, 0.3) is 11.1 Å². The zero-order valence-corrected chi connectivity index (χ0v) is 16.3. The Balaban J connectivity index is 1.56. The minimum atomic E-state index is -0.619. The lowest BCUT2D eigenvalue weighted by Crippen LogP contribution is -2.17. The van der Waals surface area contributed by atoms with Gasteiger partial charge in [0.2, 0.25) is 5.91 Å². The summed E-state index contributed by atoms with van der Waals surface area (Å²) in [6.07, 6.45) is 0.572. The van der Waals surface area contributed by atoms with Crippen LogP contribution in [0.5, 0.6) is 5.75 Å². The molecule has 1 N–H and O–H groups in total. The Bertz CT molecular complexity index is 1100. The summed E-state index contributed by atoms with van der Waals surface area (Å²) in [5.41, 5.74) is 1.04. The van der Waals surface area contributed by atoms with Crippen molar-refractivity contribution in [2.24, 2.45) is 0 Å². The molecule has 10 nitrogen and oxygen atoms in total. The van der Waals surface area contributed by atoms with Crippen LogP contribution < -0.4 is 15.8 Å². The van der Waals surface area contributed by atoms with E-state index in [0.29, 0.717) is 36.6 Å². The van der Waals surface area contributed by atoms with E-state index in [1.165, 1.54) is 22.8 Å². The Morgan fingerprint density at radius 3 is 2.83 bits per heavy atom. The van der Waals surface area contributed by atoms with E-state index in [4.69, 9.17) is 13.9 Å². The first kappa shape index (κ1) is 21.1. The van der Waals surface area contributed by atoms with Crippen molar-refractivity contribution in [2.45, 2.75) is 19.4 Å². The molecule has 158 valence electrons. The van der Waals surface area contributed by atoms with Gasteiger partial charge in [-0.15, -0.1) is 0 Å². The topological polar surface area (TPSA) is 126 Å². The van der Waals surface area contributed by atoms with Gasteiger partial charge < -0.3 is 19.2 Å². The number of oxazole rings is 1. The molecule has 0 fully saturated rings. The summed E-state index contributed by atoms with van der Waals surface area (Å²) in [5.74, 6) is -0.206. The predicted octanol–water partition coefficient (Wildman–Crippen LogP) is 2.95. The minimum absolute atomic E-state index is 0.143. The Hall–Kier alpha value is -3.66. The number of hydrogen-bond donors (Lipinski definition) is 1. The van der Waals surface area contributed by atoms with Crippen LogP contribution in [-0.4, -0.2) is 35.7 Å². The third-order valence-corrected chi connectivity index (χ3v) is 4.32. The predicted molar refractivity (Wildman–Crippen MR) is 109 cm³/mol. The number of non-ortho nitro benzene ring substituents is 1. The average Bonchev–Trinajstić information content (AvgIpc) is 3.03. The molecule has 0 aliphatic carbocycles. The molecular formula is C20H21N3O7. The highest BCUT2D eigenvalue weighted by Gasteiger charge is 2.14. The number of nitrogens with one attached hydrogen (secondary N) is 1. The molecule has 0 unspecified atom stereocenters. The summed E-state index contributed by atoms with van der Waals surface area (Å²) in [5, 5.41) is 13.6. The molecule has 0 atom stereocenters. The van der Waals surface area contributed by atoms with Crippen molar-refractivity contribution in [3.05, 3.63) is 63.1 Å². The van der Waals surface area contributed by atoms with E-state index in [2.05, 4.69) is 5.32 Å². The standard InChI is InChI=1S/C20H21N3O7/c1-28-10-11-29-16-5-2-4-14(12-16)21-19(24)6-3-9-22-17-8-7-15(23(26)27)13-18(17)30-20(22)25/h2,4-5,7-8,12-13H,3,6,9-11H2,1H3,(H,21,24). The van der Waals surface area contributed by atoms with Crippen LogP contribution in [0.3, 0.4) is 0 Å². The molecule has 0 bridgehead atoms. The molecule has 0 aliphatic rings. The molecule has 3 rings (SSSR count). The van der Waals surface area contributed by atoms with E-state index in [1.54, 1.807) is 31.4 Å². The van der Waals surface area contributed by atoms with Gasteiger partial charge in [-0.05, 0) is 24.6 Å². The van der Waals surface area contributed by atoms with Crippen LogP contribution in [-0.2, 0) is 16.1 Å². The third-order valence-electron chi connectivity index (χ3n) is 4.32. The number of nitrogens with zero attached hydrogens (tertiary/aromatic N) is 2. The minimum Gasteiger partial charge on any atom is -0.491 e. The monoisotopic (exact) mass is 415 g/mol. The average molecular weight is 415 g/mol. The smallest absolute Gasteiger partial charge is 0.419 e. The number of aromatic nitrogens is 1. The van der Waals surface area contributed by atoms with Crippen LogP contribution in [0.2, 0.25) is 0 Å². The maximum atomic E-state index is 12.2. The second-order valence-corrected chi connectivity index (χ2v) is 6.45. The normalized spacial score (nSPS) is 10.8. The van der Waals surface area contributed by atoms with Gasteiger partial charge in [0.25, 0.3) is 5.69 Å². The van der Waals surface area contributed by atoms with Gasteiger partial charge in [-0.1, -0.05) is 6.07 Å². The number of rotatable bonds is 10. The first-order chi connectivity index (χ1) is 14.5. The maximum Gasteiger partial charge on any atom is 0.419 e. The molecule has 1 aromatic heterocycles. The number of amides is 1. The van der Waals surface area contributed by atoms with E-state index >= 15 is 0 Å². The number of carbonyl (C=O) groups is 1. The lowest BCUT2D eigenvalue weighted by Gasteiger charge is -2.09. The molecule has 2 aromatic carbocycles. The van der Waals surface area contributed by atoms with Crippen molar-refractivity contribution in [3.8, 4) is 5.75 Å². The number of nitro benzene ring substituents is 1. The molecule has 0 spiro atoms. The molecule has 1 amide bonds. The number of carbonyl (C=O) groups excluding carboxylic acids is 1. The van der Waals surface area contributed by atoms with Crippen LogP contribution in [0.1, 0.15) is 12.8 Å². The highest BCUT2D eigenvalue weighted by Crippen LogP contribution is 2.21. The van der Waals surface area contributed by atoms with Crippen molar-refractivity contribution >= 4 is 28.4 Å². The fourth-order valence-electron chi connectivity index (χ4n) is 2.91. The quantitative estimate of drug-likeness (QED) is 0.306. The van der Waals surface area contributed by atoms with Gasteiger partial charge in [0.15, 0.2) is 5.58 Å². The van der Waals surface area contributed by atoms with E-state index in [1.807, 2.05) is 0 Å². The summed E-state index contributed by atoms with van der Waals surface area (Å²) < 4.78 is 16.9. The largest absolute Gasteiger partial charge is 0.491 e. The second-order valence-electron chi connectivity index (χ2n) is 6.45. The van der Waals surface area contributed by atoms with Crippen LogP contribution in [0, 0.1) is 10.1 Å². The Morgan fingerprint density at radius 1 is 1.23 bits per heavy atom. The van der Waals surface area contributed by atoms with Crippen LogP contribution >= 0.6 is 0 Å². The molecule has 3 aromatic rings. The number of anilines is 1. The first-order valence-corrected chi connectivity index (χ1v) is 9.27. The maximum absolute atomic E-state index is 12.2. The number of aryl methyl sites for hydroxylation is 1. The fourth-order valence-corrected chi connectivity index (χ4v) is 2.91. The Kier molecular flexibility index (Phi) is 6.81. The Labute approximate surface area is 171 Å². The van der Waals surface area contributed by atoms with Gasteiger partial charge in [-0.25, -0.2) is 4.79 Å². The number of benzene rings is 2. The van der Waals surface area contributed by atoms with Crippen molar-refractivity contribution in [1.29, 1.82) is 0 Å². The lowest BCUT2D eigenvalue weighted by molar-refractivity contribution is -0.384. The van der Waals surface area contributed by atoms with Crippen molar-refractivity contribution < 1.29 is 23.6 Å². The third kappa shape index (κ3) is 5.23. The fraction of sp³-hybridized carbons (Fsp3) is 0.300. The number of ether oxygens (including phenoxy) is 2. The van der Waals surface area contributed by atoms with E-state index < -0.39 is 10.7 Å². The molecule has 0 saturated heterocycles. The zero-order valence-electron chi connectivity index (χ0n) is 16.3. The van der Waals surface area contributed by atoms with Gasteiger partial charge >= 0.3 is 5.76 Å². The summed E-state index contributed by atoms with van der Waals surface area (Å²) in [4.78, 5) is 34.5. The van der Waals surface area contributed by atoms with E-state index in [0.717, 1.165) is 0 Å². The number of hydrogen-bond acceptors (Lipinski definition) is 7. The molecule has 0 aliphatic heterocycles. The van der Waals surface area contributed by atoms with Crippen molar-refractivity contribution in [2.75, 3.05) is 25.6 Å². The lowest BCUT2D eigenvalue weighted by atomic mass is 10.2.